The van der Waals surface area contributed by atoms with E-state index in [0.29, 0.717) is 29.7 Å². The topological polar surface area (TPSA) is 62.3 Å². The number of pyridine rings is 1. The molecule has 6 heteroatoms. The predicted octanol–water partition coefficient (Wildman–Crippen LogP) is 6.30. The second-order valence-corrected chi connectivity index (χ2v) is 10.2. The zero-order chi connectivity index (χ0) is 23.2. The lowest BCUT2D eigenvalue weighted by Gasteiger charge is -2.36. The summed E-state index contributed by atoms with van der Waals surface area (Å²) in [6.45, 7) is 4.21. The fraction of sp³-hybridized carbons (Fsp3) is 0.222. The molecule has 0 saturated heterocycles. The zero-order valence-electron chi connectivity index (χ0n) is 18.5. The number of carbonyl (C=O) groups excluding carboxylic acids is 2. The Morgan fingerprint density at radius 2 is 1.76 bits per heavy atom. The molecular weight excluding hydrogens is 478 g/mol. The number of allylic oxidation sites excluding steroid dienone is 1. The van der Waals surface area contributed by atoms with Gasteiger partial charge in [-0.05, 0) is 60.4 Å². The van der Waals surface area contributed by atoms with Crippen molar-refractivity contribution in [3.63, 3.8) is 0 Å². The van der Waals surface area contributed by atoms with Gasteiger partial charge in [-0.2, -0.15) is 0 Å². The number of Topliss-reactive ketones (excluding diaryl/α,β-unsaturated/α-hetero) is 1. The molecular formula is C27H24BrN3O2. The normalized spacial score (nSPS) is 19.3. The molecule has 1 N–H and O–H groups in total. The lowest BCUT2D eigenvalue weighted by atomic mass is 9.73. The summed E-state index contributed by atoms with van der Waals surface area (Å²) in [6.07, 6.45) is 2.85. The average Bonchev–Trinajstić information content (AvgIpc) is 2.93. The van der Waals surface area contributed by atoms with Crippen LogP contribution in [-0.4, -0.2) is 16.7 Å². The van der Waals surface area contributed by atoms with E-state index in [4.69, 9.17) is 0 Å². The number of anilines is 2. The quantitative estimate of drug-likeness (QED) is 0.447. The zero-order valence-corrected chi connectivity index (χ0v) is 20.1. The minimum Gasteiger partial charge on any atom is -0.357 e. The number of hydrogen-bond acceptors (Lipinski definition) is 4. The standard InChI is InChI=1S/C27H24BrN3O2/c1-27(2)15-21-24(23(32)16-27)25(20-8-5-6-14-29-20)31(22-9-4-3-7-19(22)30-21)26(33)17-10-12-18(28)13-11-17/h3-14,25,30H,15-16H2,1-2H3/t25-/m0/s1. The molecule has 2 heterocycles. The summed E-state index contributed by atoms with van der Waals surface area (Å²) in [5.41, 5.74) is 4.06. The van der Waals surface area contributed by atoms with Gasteiger partial charge in [0, 0.05) is 33.9 Å². The molecule has 2 aromatic carbocycles. The molecule has 5 nitrogen and oxygen atoms in total. The van der Waals surface area contributed by atoms with Crippen LogP contribution in [-0.2, 0) is 4.79 Å². The predicted molar refractivity (Wildman–Crippen MR) is 133 cm³/mol. The van der Waals surface area contributed by atoms with Crippen molar-refractivity contribution < 1.29 is 9.59 Å². The molecule has 1 amide bonds. The summed E-state index contributed by atoms with van der Waals surface area (Å²) in [5.74, 6) is -0.135. The Labute approximate surface area is 201 Å². The van der Waals surface area contributed by atoms with E-state index in [1.165, 1.54) is 0 Å². The van der Waals surface area contributed by atoms with E-state index in [-0.39, 0.29) is 17.1 Å². The number of hydrogen-bond donors (Lipinski definition) is 1. The van der Waals surface area contributed by atoms with Crippen LogP contribution in [0.2, 0.25) is 0 Å². The third kappa shape index (κ3) is 4.00. The smallest absolute Gasteiger partial charge is 0.259 e. The summed E-state index contributed by atoms with van der Waals surface area (Å²) in [6, 6.07) is 20.0. The van der Waals surface area contributed by atoms with Gasteiger partial charge in [0.05, 0.1) is 17.1 Å². The van der Waals surface area contributed by atoms with Gasteiger partial charge < -0.3 is 5.32 Å². The van der Waals surface area contributed by atoms with Gasteiger partial charge in [-0.15, -0.1) is 0 Å². The van der Waals surface area contributed by atoms with Crippen LogP contribution >= 0.6 is 15.9 Å². The average molecular weight is 502 g/mol. The van der Waals surface area contributed by atoms with Crippen LogP contribution in [0.15, 0.2) is 88.7 Å². The molecule has 0 radical (unpaired) electrons. The van der Waals surface area contributed by atoms with Crippen LogP contribution in [0.1, 0.15) is 48.8 Å². The van der Waals surface area contributed by atoms with Crippen LogP contribution in [0.5, 0.6) is 0 Å². The monoisotopic (exact) mass is 501 g/mol. The van der Waals surface area contributed by atoms with Gasteiger partial charge in [0.1, 0.15) is 6.04 Å². The van der Waals surface area contributed by atoms with Crippen molar-refractivity contribution in [1.29, 1.82) is 0 Å². The highest BCUT2D eigenvalue weighted by Crippen LogP contribution is 2.48. The third-order valence-corrected chi connectivity index (χ3v) is 6.71. The van der Waals surface area contributed by atoms with E-state index in [1.54, 1.807) is 23.2 Å². The lowest BCUT2D eigenvalue weighted by molar-refractivity contribution is -0.118. The minimum absolute atomic E-state index is 0.0471. The maximum absolute atomic E-state index is 14.0. The first-order valence-corrected chi connectivity index (χ1v) is 11.8. The molecule has 3 aromatic rings. The number of amides is 1. The van der Waals surface area contributed by atoms with Crippen molar-refractivity contribution in [2.24, 2.45) is 5.41 Å². The van der Waals surface area contributed by atoms with Crippen molar-refractivity contribution in [1.82, 2.24) is 4.98 Å². The van der Waals surface area contributed by atoms with Gasteiger partial charge in [-0.1, -0.05) is 48.0 Å². The largest absolute Gasteiger partial charge is 0.357 e. The van der Waals surface area contributed by atoms with E-state index in [1.807, 2.05) is 54.6 Å². The molecule has 0 bridgehead atoms. The highest BCUT2D eigenvalue weighted by atomic mass is 79.9. The minimum atomic E-state index is -0.628. The van der Waals surface area contributed by atoms with Crippen LogP contribution in [0.4, 0.5) is 11.4 Å². The number of halogens is 1. The molecule has 2 aliphatic rings. The molecule has 166 valence electrons. The van der Waals surface area contributed by atoms with Crippen molar-refractivity contribution in [3.8, 4) is 0 Å². The Balaban J connectivity index is 1.78. The maximum atomic E-state index is 14.0. The molecule has 0 saturated carbocycles. The summed E-state index contributed by atoms with van der Waals surface area (Å²) < 4.78 is 0.896. The number of benzene rings is 2. The SMILES string of the molecule is CC1(C)CC(=O)C2=C(C1)Nc1ccccc1N(C(=O)c1ccc(Br)cc1)[C@H]2c1ccccn1. The van der Waals surface area contributed by atoms with Crippen LogP contribution in [0.25, 0.3) is 0 Å². The van der Waals surface area contributed by atoms with Crippen molar-refractivity contribution >= 4 is 39.0 Å². The Kier molecular flexibility index (Phi) is 5.41. The first-order valence-electron chi connectivity index (χ1n) is 11.0. The van der Waals surface area contributed by atoms with E-state index in [2.05, 4.69) is 40.1 Å². The molecule has 5 rings (SSSR count). The number of fused-ring (bicyclic) bond motifs is 1. The van der Waals surface area contributed by atoms with Crippen LogP contribution in [0, 0.1) is 5.41 Å². The number of nitrogens with zero attached hydrogens (tertiary/aromatic N) is 2. The van der Waals surface area contributed by atoms with Crippen molar-refractivity contribution in [3.05, 3.63) is 99.9 Å². The van der Waals surface area contributed by atoms with Gasteiger partial charge >= 0.3 is 0 Å². The highest BCUT2D eigenvalue weighted by Gasteiger charge is 2.43. The van der Waals surface area contributed by atoms with Gasteiger partial charge in [0.2, 0.25) is 0 Å². The first-order chi connectivity index (χ1) is 15.8. The molecule has 1 aliphatic heterocycles. The molecule has 0 unspecified atom stereocenters. The molecule has 0 fully saturated rings. The number of carbonyl (C=O) groups is 2. The van der Waals surface area contributed by atoms with Gasteiger partial charge in [-0.3, -0.25) is 19.5 Å². The second kappa shape index (κ2) is 8.27. The van der Waals surface area contributed by atoms with E-state index in [9.17, 15) is 9.59 Å². The summed E-state index contributed by atoms with van der Waals surface area (Å²) >= 11 is 3.44. The molecule has 1 aromatic heterocycles. The molecule has 1 aliphatic carbocycles. The summed E-state index contributed by atoms with van der Waals surface area (Å²) in [5, 5.41) is 3.52. The van der Waals surface area contributed by atoms with E-state index >= 15 is 0 Å². The van der Waals surface area contributed by atoms with Gasteiger partial charge in [0.15, 0.2) is 5.78 Å². The molecule has 33 heavy (non-hydrogen) atoms. The van der Waals surface area contributed by atoms with Gasteiger partial charge in [-0.25, -0.2) is 0 Å². The van der Waals surface area contributed by atoms with Crippen molar-refractivity contribution in [2.45, 2.75) is 32.7 Å². The Morgan fingerprint density at radius 3 is 2.48 bits per heavy atom. The van der Waals surface area contributed by atoms with Crippen LogP contribution in [0.3, 0.4) is 0 Å². The van der Waals surface area contributed by atoms with E-state index < -0.39 is 6.04 Å². The maximum Gasteiger partial charge on any atom is 0.259 e. The highest BCUT2D eigenvalue weighted by molar-refractivity contribution is 9.10. The number of rotatable bonds is 2. The fourth-order valence-corrected chi connectivity index (χ4v) is 5.02. The summed E-state index contributed by atoms with van der Waals surface area (Å²) in [7, 11) is 0. The first kappa shape index (κ1) is 21.6. The fourth-order valence-electron chi connectivity index (χ4n) is 4.76. The number of ketones is 1. The molecule has 0 spiro atoms. The lowest BCUT2D eigenvalue weighted by Crippen LogP contribution is -2.40. The van der Waals surface area contributed by atoms with Crippen molar-refractivity contribution in [2.75, 3.05) is 10.2 Å². The molecule has 1 atom stereocenters. The Hall–Kier alpha value is -3.25. The second-order valence-electron chi connectivity index (χ2n) is 9.31. The van der Waals surface area contributed by atoms with E-state index in [0.717, 1.165) is 21.5 Å². The number of para-hydroxylation sites is 2. The Morgan fingerprint density at radius 1 is 1.03 bits per heavy atom. The van der Waals surface area contributed by atoms with Gasteiger partial charge in [0.25, 0.3) is 5.91 Å². The summed E-state index contributed by atoms with van der Waals surface area (Å²) in [4.78, 5) is 34.0. The van der Waals surface area contributed by atoms with Crippen LogP contribution < -0.4 is 10.2 Å². The Bertz CT molecular complexity index is 1270. The third-order valence-electron chi connectivity index (χ3n) is 6.18. The number of aromatic nitrogens is 1. The number of nitrogens with one attached hydrogen (secondary N) is 1.